The molecule has 2 aliphatic heterocycles. The van der Waals surface area contributed by atoms with Gasteiger partial charge in [-0.1, -0.05) is 13.8 Å². The maximum atomic E-state index is 12.0. The van der Waals surface area contributed by atoms with Gasteiger partial charge in [0.1, 0.15) is 0 Å². The number of likely N-dealkylation sites (tertiary alicyclic amines) is 1. The molecule has 22 heavy (non-hydrogen) atoms. The molecule has 2 saturated heterocycles. The molecule has 0 spiro atoms. The van der Waals surface area contributed by atoms with Gasteiger partial charge in [0.25, 0.3) is 0 Å². The summed E-state index contributed by atoms with van der Waals surface area (Å²) in [5.74, 6) is 0. The van der Waals surface area contributed by atoms with Crippen LogP contribution in [0.2, 0.25) is 0 Å². The fraction of sp³-hybridized carbons (Fsp3) is 0.733. The summed E-state index contributed by atoms with van der Waals surface area (Å²) in [4.78, 5) is 16.4. The van der Waals surface area contributed by atoms with Gasteiger partial charge in [0.2, 0.25) is 0 Å². The summed E-state index contributed by atoms with van der Waals surface area (Å²) in [5, 5.41) is 7.06. The van der Waals surface area contributed by atoms with Crippen molar-refractivity contribution in [2.24, 2.45) is 5.41 Å². The van der Waals surface area contributed by atoms with Crippen LogP contribution in [-0.4, -0.2) is 58.4 Å². The number of nitrogens with one attached hydrogen (secondary N) is 1. The molecule has 0 aliphatic carbocycles. The molecule has 3 heterocycles. The van der Waals surface area contributed by atoms with Gasteiger partial charge in [-0.25, -0.2) is 4.79 Å². The number of ether oxygens (including phenoxy) is 1. The Kier molecular flexibility index (Phi) is 4.45. The first kappa shape index (κ1) is 15.8. The normalized spacial score (nSPS) is 23.6. The number of cyclic esters (lactones) is 1. The highest BCUT2D eigenvalue weighted by molar-refractivity contribution is 9.10. The average Bonchev–Trinajstić information content (AvgIpc) is 2.88. The lowest BCUT2D eigenvalue weighted by molar-refractivity contribution is -0.0168. The van der Waals surface area contributed by atoms with E-state index in [-0.39, 0.29) is 11.5 Å². The predicted molar refractivity (Wildman–Crippen MR) is 86.4 cm³/mol. The molecule has 0 atom stereocenters. The minimum absolute atomic E-state index is 0.0474. The zero-order valence-electron chi connectivity index (χ0n) is 13.1. The molecule has 1 aromatic rings. The zero-order chi connectivity index (χ0) is 15.7. The van der Waals surface area contributed by atoms with Gasteiger partial charge in [-0.3, -0.25) is 10.00 Å². The maximum Gasteiger partial charge on any atom is 0.410 e. The molecular formula is C15H23BrN4O2. The Morgan fingerprint density at radius 1 is 1.45 bits per heavy atom. The highest BCUT2D eigenvalue weighted by atomic mass is 79.9. The smallest absolute Gasteiger partial charge is 0.410 e. The van der Waals surface area contributed by atoms with Crippen LogP contribution in [0.1, 0.15) is 32.4 Å². The van der Waals surface area contributed by atoms with Crippen molar-refractivity contribution in [3.63, 3.8) is 0 Å². The summed E-state index contributed by atoms with van der Waals surface area (Å²) in [5.41, 5.74) is 1.16. The van der Waals surface area contributed by atoms with Gasteiger partial charge in [0.05, 0.1) is 23.0 Å². The van der Waals surface area contributed by atoms with E-state index in [0.29, 0.717) is 12.6 Å². The molecule has 6 nitrogen and oxygen atoms in total. The van der Waals surface area contributed by atoms with Gasteiger partial charge in [-0.15, -0.1) is 0 Å². The lowest BCUT2D eigenvalue weighted by atomic mass is 9.91. The molecule has 1 aromatic heterocycles. The summed E-state index contributed by atoms with van der Waals surface area (Å²) in [6.45, 7) is 8.45. The van der Waals surface area contributed by atoms with Gasteiger partial charge in [0.15, 0.2) is 0 Å². The fourth-order valence-electron chi connectivity index (χ4n) is 3.21. The Hall–Kier alpha value is -1.08. The standard InChI is InChI=1S/C15H23BrN4O2/c1-15(2)9-20(14(21)22-10-15)11-3-5-19(6-4-11)8-13-12(16)7-17-18-13/h7,11H,3-6,8-10H2,1-2H3,(H,17,18). The third-order valence-electron chi connectivity index (χ3n) is 4.46. The molecule has 7 heteroatoms. The van der Waals surface area contributed by atoms with Crippen LogP contribution in [0.25, 0.3) is 0 Å². The summed E-state index contributed by atoms with van der Waals surface area (Å²) >= 11 is 3.50. The Balaban J connectivity index is 1.55. The number of hydrogen-bond acceptors (Lipinski definition) is 4. The zero-order valence-corrected chi connectivity index (χ0v) is 14.7. The van der Waals surface area contributed by atoms with Crippen molar-refractivity contribution in [3.8, 4) is 0 Å². The van der Waals surface area contributed by atoms with Crippen molar-refractivity contribution in [3.05, 3.63) is 16.4 Å². The lowest BCUT2D eigenvalue weighted by Crippen LogP contribution is -2.54. The highest BCUT2D eigenvalue weighted by Crippen LogP contribution is 2.28. The molecule has 0 unspecified atom stereocenters. The van der Waals surface area contributed by atoms with Gasteiger partial charge in [0, 0.05) is 37.6 Å². The van der Waals surface area contributed by atoms with Crippen molar-refractivity contribution in [2.45, 2.75) is 39.3 Å². The molecule has 122 valence electrons. The Morgan fingerprint density at radius 2 is 2.18 bits per heavy atom. The minimum atomic E-state index is -0.144. The number of H-pyrrole nitrogens is 1. The van der Waals surface area contributed by atoms with Crippen molar-refractivity contribution in [1.82, 2.24) is 20.0 Å². The Labute approximate surface area is 139 Å². The molecule has 1 N–H and O–H groups in total. The van der Waals surface area contributed by atoms with Crippen LogP contribution in [0.5, 0.6) is 0 Å². The number of piperidine rings is 1. The monoisotopic (exact) mass is 370 g/mol. The lowest BCUT2D eigenvalue weighted by Gasteiger charge is -2.44. The number of amides is 1. The van der Waals surface area contributed by atoms with E-state index in [0.717, 1.165) is 49.2 Å². The van der Waals surface area contributed by atoms with E-state index >= 15 is 0 Å². The van der Waals surface area contributed by atoms with Crippen LogP contribution in [0.15, 0.2) is 10.7 Å². The van der Waals surface area contributed by atoms with E-state index in [1.807, 2.05) is 4.90 Å². The highest BCUT2D eigenvalue weighted by Gasteiger charge is 2.37. The van der Waals surface area contributed by atoms with Crippen LogP contribution in [0.4, 0.5) is 4.79 Å². The van der Waals surface area contributed by atoms with Gasteiger partial charge in [-0.2, -0.15) is 5.10 Å². The molecule has 0 saturated carbocycles. The molecule has 3 rings (SSSR count). The fourth-order valence-corrected chi connectivity index (χ4v) is 3.53. The average molecular weight is 371 g/mol. The third-order valence-corrected chi connectivity index (χ3v) is 5.15. The maximum absolute atomic E-state index is 12.0. The van der Waals surface area contributed by atoms with E-state index in [9.17, 15) is 4.79 Å². The number of rotatable bonds is 3. The van der Waals surface area contributed by atoms with Crippen LogP contribution < -0.4 is 0 Å². The number of hydrogen-bond donors (Lipinski definition) is 1. The van der Waals surface area contributed by atoms with Gasteiger partial charge >= 0.3 is 6.09 Å². The number of halogens is 1. The van der Waals surface area contributed by atoms with Crippen molar-refractivity contribution < 1.29 is 9.53 Å². The summed E-state index contributed by atoms with van der Waals surface area (Å²) < 4.78 is 6.36. The number of carbonyl (C=O) groups is 1. The summed E-state index contributed by atoms with van der Waals surface area (Å²) in [6.07, 6.45) is 3.64. The summed E-state index contributed by atoms with van der Waals surface area (Å²) in [7, 11) is 0. The number of nitrogens with zero attached hydrogens (tertiary/aromatic N) is 3. The van der Waals surface area contributed by atoms with Gasteiger partial charge in [-0.05, 0) is 28.8 Å². The second-order valence-corrected chi connectivity index (χ2v) is 7.90. The number of aromatic nitrogens is 2. The second kappa shape index (κ2) is 6.20. The van der Waals surface area contributed by atoms with E-state index in [1.165, 1.54) is 0 Å². The topological polar surface area (TPSA) is 61.5 Å². The Morgan fingerprint density at radius 3 is 2.82 bits per heavy atom. The molecule has 0 radical (unpaired) electrons. The van der Waals surface area contributed by atoms with Crippen LogP contribution in [0.3, 0.4) is 0 Å². The molecule has 1 amide bonds. The van der Waals surface area contributed by atoms with Crippen molar-refractivity contribution in [2.75, 3.05) is 26.2 Å². The largest absolute Gasteiger partial charge is 0.449 e. The SMILES string of the molecule is CC1(C)COC(=O)N(C2CCN(Cc3[nH]ncc3Br)CC2)C1. The first-order valence-electron chi connectivity index (χ1n) is 7.78. The van der Waals surface area contributed by atoms with Crippen molar-refractivity contribution >= 4 is 22.0 Å². The van der Waals surface area contributed by atoms with Crippen LogP contribution >= 0.6 is 15.9 Å². The minimum Gasteiger partial charge on any atom is -0.449 e. The molecule has 0 bridgehead atoms. The number of aromatic amines is 1. The van der Waals surface area contributed by atoms with E-state index in [4.69, 9.17) is 4.74 Å². The second-order valence-electron chi connectivity index (χ2n) is 7.05. The quantitative estimate of drug-likeness (QED) is 0.888. The molecule has 2 aliphatic rings. The molecule has 2 fully saturated rings. The van der Waals surface area contributed by atoms with Gasteiger partial charge < -0.3 is 9.64 Å². The molecular weight excluding hydrogens is 348 g/mol. The Bertz CT molecular complexity index is 537. The first-order valence-corrected chi connectivity index (χ1v) is 8.57. The van der Waals surface area contributed by atoms with E-state index in [1.54, 1.807) is 6.20 Å². The van der Waals surface area contributed by atoms with E-state index in [2.05, 4.69) is 44.9 Å². The predicted octanol–water partition coefficient (Wildman–Crippen LogP) is 2.62. The first-order chi connectivity index (χ1) is 10.4. The number of carbonyl (C=O) groups excluding carboxylic acids is 1. The third kappa shape index (κ3) is 3.46. The summed E-state index contributed by atoms with van der Waals surface area (Å²) in [6, 6.07) is 0.300. The van der Waals surface area contributed by atoms with E-state index < -0.39 is 0 Å². The van der Waals surface area contributed by atoms with Crippen molar-refractivity contribution in [1.29, 1.82) is 0 Å². The molecule has 0 aromatic carbocycles. The van der Waals surface area contributed by atoms with Crippen LogP contribution in [0, 0.1) is 5.41 Å². The van der Waals surface area contributed by atoms with Crippen LogP contribution in [-0.2, 0) is 11.3 Å².